The van der Waals surface area contributed by atoms with Gasteiger partial charge in [-0.3, -0.25) is 0 Å². The van der Waals surface area contributed by atoms with Crippen molar-refractivity contribution in [2.45, 2.75) is 39.5 Å². The molecule has 1 N–H and O–H groups in total. The summed E-state index contributed by atoms with van der Waals surface area (Å²) < 4.78 is 0. The third kappa shape index (κ3) is 8.26. The van der Waals surface area contributed by atoms with Gasteiger partial charge >= 0.3 is 0 Å². The molecule has 1 saturated heterocycles. The van der Waals surface area contributed by atoms with Crippen LogP contribution in [-0.2, 0) is 0 Å². The Morgan fingerprint density at radius 1 is 1.15 bits per heavy atom. The van der Waals surface area contributed by atoms with Gasteiger partial charge in [0.05, 0.1) is 0 Å². The molecule has 2 heteroatoms. The summed E-state index contributed by atoms with van der Waals surface area (Å²) in [7, 11) is 2.02. The van der Waals surface area contributed by atoms with Crippen molar-refractivity contribution >= 4 is 0 Å². The summed E-state index contributed by atoms with van der Waals surface area (Å²) in [5, 5.41) is 3.17. The maximum atomic E-state index is 3.17. The first kappa shape index (κ1) is 12.9. The van der Waals surface area contributed by atoms with E-state index in [4.69, 9.17) is 0 Å². The van der Waals surface area contributed by atoms with Gasteiger partial charge < -0.3 is 10.2 Å². The minimum absolute atomic E-state index is 0. The summed E-state index contributed by atoms with van der Waals surface area (Å²) in [6.45, 7) is 9.26. The molecule has 0 amide bonds. The van der Waals surface area contributed by atoms with Gasteiger partial charge in [-0.15, -0.1) is 0 Å². The quantitative estimate of drug-likeness (QED) is 0.731. The molecular formula is C11H28N2. The Kier molecular flexibility index (Phi) is 9.94. The van der Waals surface area contributed by atoms with Crippen molar-refractivity contribution in [3.05, 3.63) is 0 Å². The summed E-state index contributed by atoms with van der Waals surface area (Å²) in [6, 6.07) is 0. The van der Waals surface area contributed by atoms with E-state index in [0.717, 1.165) is 6.54 Å². The first-order chi connectivity index (χ1) is 6.35. The van der Waals surface area contributed by atoms with Crippen LogP contribution < -0.4 is 5.32 Å². The Morgan fingerprint density at radius 2 is 1.69 bits per heavy atom. The number of hydrogen-bond donors (Lipinski definition) is 1. The van der Waals surface area contributed by atoms with Crippen LogP contribution in [0.3, 0.4) is 0 Å². The van der Waals surface area contributed by atoms with Gasteiger partial charge in [-0.1, -0.05) is 26.7 Å². The average molecular weight is 188 g/mol. The van der Waals surface area contributed by atoms with Crippen LogP contribution in [0.2, 0.25) is 0 Å². The Bertz CT molecular complexity index is 93.3. The molecule has 0 spiro atoms. The predicted octanol–water partition coefficient (Wildman–Crippen LogP) is 2.35. The second-order valence-corrected chi connectivity index (χ2v) is 3.71. The Hall–Kier alpha value is -0.0800. The zero-order valence-corrected chi connectivity index (χ0v) is 9.60. The molecule has 0 atom stereocenters. The maximum absolute atomic E-state index is 3.17. The maximum Gasteiger partial charge on any atom is 0.0107 e. The highest BCUT2D eigenvalue weighted by molar-refractivity contribution is 4.64. The van der Waals surface area contributed by atoms with E-state index in [1.54, 1.807) is 0 Å². The number of likely N-dealkylation sites (N-methyl/N-ethyl adjacent to an activating group) is 1. The van der Waals surface area contributed by atoms with E-state index >= 15 is 0 Å². The zero-order chi connectivity index (χ0) is 9.94. The summed E-state index contributed by atoms with van der Waals surface area (Å²) in [5.41, 5.74) is 0. The first-order valence-corrected chi connectivity index (χ1v) is 5.72. The van der Waals surface area contributed by atoms with Gasteiger partial charge in [0.2, 0.25) is 0 Å². The molecule has 13 heavy (non-hydrogen) atoms. The monoisotopic (exact) mass is 188 g/mol. The third-order valence-electron chi connectivity index (χ3n) is 2.13. The molecule has 1 aliphatic rings. The number of nitrogens with zero attached hydrogens (tertiary/aromatic N) is 1. The molecule has 0 aromatic heterocycles. The molecule has 1 rings (SSSR count). The fourth-order valence-corrected chi connectivity index (χ4v) is 1.45. The van der Waals surface area contributed by atoms with E-state index < -0.39 is 0 Å². The molecule has 1 aliphatic heterocycles. The molecule has 0 aromatic carbocycles. The van der Waals surface area contributed by atoms with Crippen LogP contribution in [0.1, 0.15) is 41.0 Å². The third-order valence-corrected chi connectivity index (χ3v) is 2.13. The van der Waals surface area contributed by atoms with Crippen molar-refractivity contribution in [3.63, 3.8) is 0 Å². The lowest BCUT2D eigenvalue weighted by Gasteiger charge is -2.25. The summed E-state index contributed by atoms with van der Waals surface area (Å²) in [4.78, 5) is 2.54. The van der Waals surface area contributed by atoms with Gasteiger partial charge in [-0.05, 0) is 33.0 Å². The first-order valence-electron chi connectivity index (χ1n) is 5.72. The highest BCUT2D eigenvalue weighted by atomic mass is 15.1. The lowest BCUT2D eigenvalue weighted by Crippen LogP contribution is -2.34. The van der Waals surface area contributed by atoms with E-state index in [9.17, 15) is 0 Å². The highest BCUT2D eigenvalue weighted by Crippen LogP contribution is 2.06. The topological polar surface area (TPSA) is 15.3 Å². The van der Waals surface area contributed by atoms with Gasteiger partial charge in [0, 0.05) is 14.5 Å². The van der Waals surface area contributed by atoms with E-state index in [-0.39, 0.29) is 1.43 Å². The van der Waals surface area contributed by atoms with Crippen molar-refractivity contribution in [1.29, 1.82) is 0 Å². The van der Waals surface area contributed by atoms with Crippen LogP contribution in [0.15, 0.2) is 0 Å². The fraction of sp³-hybridized carbons (Fsp3) is 1.00. The normalized spacial score (nSPS) is 17.8. The van der Waals surface area contributed by atoms with Gasteiger partial charge in [0.1, 0.15) is 0 Å². The molecule has 0 aliphatic carbocycles. The number of hydrogen-bond acceptors (Lipinski definition) is 2. The molecule has 0 radical (unpaired) electrons. The van der Waals surface area contributed by atoms with Crippen LogP contribution in [-0.4, -0.2) is 38.1 Å². The van der Waals surface area contributed by atoms with Gasteiger partial charge in [0.15, 0.2) is 0 Å². The van der Waals surface area contributed by atoms with Crippen LogP contribution in [0.5, 0.6) is 0 Å². The lowest BCUT2D eigenvalue weighted by molar-refractivity contribution is 0.231. The molecule has 0 aromatic rings. The van der Waals surface area contributed by atoms with Crippen molar-refractivity contribution < 1.29 is 1.43 Å². The van der Waals surface area contributed by atoms with Gasteiger partial charge in [-0.2, -0.15) is 0 Å². The molecule has 0 unspecified atom stereocenters. The number of likely N-dealkylation sites (tertiary alicyclic amines) is 1. The molecule has 0 bridgehead atoms. The highest BCUT2D eigenvalue weighted by Gasteiger charge is 2.07. The minimum atomic E-state index is 0. The summed E-state index contributed by atoms with van der Waals surface area (Å²) >= 11 is 0. The zero-order valence-electron chi connectivity index (χ0n) is 9.60. The Labute approximate surface area is 85.2 Å². The molecule has 0 saturated carbocycles. The largest absolute Gasteiger partial charge is 0.318 e. The van der Waals surface area contributed by atoms with Crippen LogP contribution in [0.25, 0.3) is 0 Å². The number of rotatable bonds is 3. The SMILES string of the molecule is CCC.CNCCN1CCCCC1.[HH]. The van der Waals surface area contributed by atoms with Crippen LogP contribution >= 0.6 is 0 Å². The van der Waals surface area contributed by atoms with E-state index in [1.807, 2.05) is 7.05 Å². The van der Waals surface area contributed by atoms with E-state index in [0.29, 0.717) is 0 Å². The molecule has 1 heterocycles. The van der Waals surface area contributed by atoms with Gasteiger partial charge in [-0.25, -0.2) is 0 Å². The van der Waals surface area contributed by atoms with Crippen molar-refractivity contribution in [3.8, 4) is 0 Å². The second-order valence-electron chi connectivity index (χ2n) is 3.71. The predicted molar refractivity (Wildman–Crippen MR) is 62.3 cm³/mol. The minimum Gasteiger partial charge on any atom is -0.318 e. The van der Waals surface area contributed by atoms with Gasteiger partial charge in [0.25, 0.3) is 0 Å². The smallest absolute Gasteiger partial charge is 0.0107 e. The molecule has 82 valence electrons. The Morgan fingerprint density at radius 3 is 2.15 bits per heavy atom. The summed E-state index contributed by atoms with van der Waals surface area (Å²) in [6.07, 6.45) is 5.50. The lowest BCUT2D eigenvalue weighted by atomic mass is 10.1. The standard InChI is InChI=1S/C8H18N2.C3H8.H2/c1-9-5-8-10-6-3-2-4-7-10;1-3-2;/h9H,2-8H2,1H3;3H2,1-2H3;1H. The fourth-order valence-electron chi connectivity index (χ4n) is 1.45. The number of nitrogens with one attached hydrogen (secondary N) is 1. The van der Waals surface area contributed by atoms with E-state index in [1.165, 1.54) is 45.3 Å². The molecule has 2 nitrogen and oxygen atoms in total. The molecule has 1 fully saturated rings. The second kappa shape index (κ2) is 10.0. The summed E-state index contributed by atoms with van der Waals surface area (Å²) in [5.74, 6) is 0. The van der Waals surface area contributed by atoms with Crippen molar-refractivity contribution in [1.82, 2.24) is 10.2 Å². The van der Waals surface area contributed by atoms with Crippen LogP contribution in [0.4, 0.5) is 0 Å². The Balaban J connectivity index is 0. The van der Waals surface area contributed by atoms with Crippen molar-refractivity contribution in [2.24, 2.45) is 0 Å². The molecular weight excluding hydrogens is 160 g/mol. The average Bonchev–Trinajstić information content (AvgIpc) is 2.18. The van der Waals surface area contributed by atoms with E-state index in [2.05, 4.69) is 24.1 Å². The van der Waals surface area contributed by atoms with Crippen LogP contribution in [0, 0.1) is 0 Å². The van der Waals surface area contributed by atoms with Crippen molar-refractivity contribution in [2.75, 3.05) is 33.2 Å². The number of piperidine rings is 1.